The van der Waals surface area contributed by atoms with Crippen molar-refractivity contribution in [3.8, 4) is 0 Å². The van der Waals surface area contributed by atoms with Crippen molar-refractivity contribution in [2.75, 3.05) is 12.3 Å². The summed E-state index contributed by atoms with van der Waals surface area (Å²) in [6.07, 6.45) is 0. The summed E-state index contributed by atoms with van der Waals surface area (Å²) in [6.45, 7) is 5.76. The van der Waals surface area contributed by atoms with Gasteiger partial charge < -0.3 is 10.6 Å². The molecule has 0 aliphatic heterocycles. The van der Waals surface area contributed by atoms with Crippen molar-refractivity contribution in [1.82, 2.24) is 4.90 Å². The molecular formula is C12H16FN3O3. The highest BCUT2D eigenvalue weighted by Gasteiger charge is 2.25. The molecule has 0 saturated heterocycles. The molecule has 0 unspecified atom stereocenters. The number of hydrogen-bond acceptors (Lipinski definition) is 4. The van der Waals surface area contributed by atoms with E-state index in [1.807, 2.05) is 0 Å². The van der Waals surface area contributed by atoms with Crippen LogP contribution >= 0.6 is 0 Å². The molecule has 0 saturated carbocycles. The summed E-state index contributed by atoms with van der Waals surface area (Å²) in [5.41, 5.74) is 4.51. The molecule has 7 heteroatoms. The topological polar surface area (TPSA) is 89.5 Å². The van der Waals surface area contributed by atoms with Crippen molar-refractivity contribution in [2.45, 2.75) is 26.8 Å². The number of carbonyl (C=O) groups excluding carboxylic acids is 1. The fourth-order valence-corrected chi connectivity index (χ4v) is 1.83. The maximum absolute atomic E-state index is 13.4. The number of halogens is 1. The molecule has 1 amide bonds. The summed E-state index contributed by atoms with van der Waals surface area (Å²) < 4.78 is 13.4. The molecule has 0 aromatic heterocycles. The lowest BCUT2D eigenvalue weighted by Crippen LogP contribution is -2.37. The molecule has 0 spiro atoms. The largest absolute Gasteiger partial charge is 0.393 e. The fraction of sp³-hybridized carbons (Fsp3) is 0.417. The van der Waals surface area contributed by atoms with Gasteiger partial charge in [0, 0.05) is 12.6 Å². The van der Waals surface area contributed by atoms with E-state index < -0.39 is 22.3 Å². The number of nitrogens with two attached hydrogens (primary N) is 1. The Hall–Kier alpha value is -2.18. The molecule has 0 aliphatic carbocycles. The highest BCUT2D eigenvalue weighted by molar-refractivity contribution is 6.01. The highest BCUT2D eigenvalue weighted by atomic mass is 19.1. The van der Waals surface area contributed by atoms with E-state index in [-0.39, 0.29) is 17.3 Å². The predicted molar refractivity (Wildman–Crippen MR) is 69.3 cm³/mol. The van der Waals surface area contributed by atoms with Crippen molar-refractivity contribution in [1.29, 1.82) is 0 Å². The lowest BCUT2D eigenvalue weighted by Gasteiger charge is -2.25. The van der Waals surface area contributed by atoms with E-state index in [1.165, 1.54) is 4.90 Å². The molecule has 0 bridgehead atoms. The maximum Gasteiger partial charge on any atom is 0.295 e. The smallest absolute Gasteiger partial charge is 0.295 e. The van der Waals surface area contributed by atoms with E-state index >= 15 is 0 Å². The summed E-state index contributed by atoms with van der Waals surface area (Å²) in [4.78, 5) is 23.6. The van der Waals surface area contributed by atoms with Crippen LogP contribution in [0.4, 0.5) is 15.8 Å². The van der Waals surface area contributed by atoms with Crippen LogP contribution in [0.2, 0.25) is 0 Å². The number of rotatable bonds is 4. The van der Waals surface area contributed by atoms with Crippen LogP contribution < -0.4 is 5.73 Å². The number of nitro benzene ring substituents is 1. The average Bonchev–Trinajstić information content (AvgIpc) is 2.31. The Labute approximate surface area is 110 Å². The van der Waals surface area contributed by atoms with E-state index in [9.17, 15) is 19.3 Å². The van der Waals surface area contributed by atoms with Crippen LogP contribution in [-0.4, -0.2) is 28.3 Å². The number of amides is 1. The lowest BCUT2D eigenvalue weighted by molar-refractivity contribution is -0.384. The van der Waals surface area contributed by atoms with Gasteiger partial charge in [-0.05, 0) is 26.8 Å². The fourth-order valence-electron chi connectivity index (χ4n) is 1.83. The van der Waals surface area contributed by atoms with Crippen molar-refractivity contribution in [3.63, 3.8) is 0 Å². The zero-order valence-electron chi connectivity index (χ0n) is 11.0. The number of nitrogen functional groups attached to an aromatic ring is 1. The third kappa shape index (κ3) is 2.98. The minimum Gasteiger partial charge on any atom is -0.393 e. The highest BCUT2D eigenvalue weighted by Crippen LogP contribution is 2.28. The molecule has 2 N–H and O–H groups in total. The Kier molecular flexibility index (Phi) is 4.42. The van der Waals surface area contributed by atoms with Gasteiger partial charge in [-0.25, -0.2) is 4.39 Å². The quantitative estimate of drug-likeness (QED) is 0.515. The van der Waals surface area contributed by atoms with E-state index in [1.54, 1.807) is 20.8 Å². The molecule has 0 aliphatic rings. The molecule has 1 rings (SSSR count). The third-order valence-electron chi connectivity index (χ3n) is 2.77. The Morgan fingerprint density at radius 1 is 1.53 bits per heavy atom. The SMILES string of the molecule is CCN(C(=O)c1cc(F)cc([N+](=O)[O-])c1N)C(C)C. The lowest BCUT2D eigenvalue weighted by atomic mass is 10.1. The van der Waals surface area contributed by atoms with Gasteiger partial charge in [0.05, 0.1) is 16.6 Å². The average molecular weight is 269 g/mol. The van der Waals surface area contributed by atoms with Crippen molar-refractivity contribution in [3.05, 3.63) is 33.6 Å². The van der Waals surface area contributed by atoms with Crippen LogP contribution in [0, 0.1) is 15.9 Å². The second-order valence-electron chi connectivity index (χ2n) is 4.33. The van der Waals surface area contributed by atoms with Gasteiger partial charge in [0.1, 0.15) is 11.5 Å². The summed E-state index contributed by atoms with van der Waals surface area (Å²) in [7, 11) is 0. The van der Waals surface area contributed by atoms with Gasteiger partial charge in [0.2, 0.25) is 0 Å². The van der Waals surface area contributed by atoms with Gasteiger partial charge in [-0.2, -0.15) is 0 Å². The number of anilines is 1. The second-order valence-corrected chi connectivity index (χ2v) is 4.33. The minimum atomic E-state index is -0.857. The number of nitro groups is 1. The van der Waals surface area contributed by atoms with Gasteiger partial charge >= 0.3 is 0 Å². The second kappa shape index (κ2) is 5.64. The van der Waals surface area contributed by atoms with E-state index in [2.05, 4.69) is 0 Å². The molecule has 1 aromatic carbocycles. The first-order valence-corrected chi connectivity index (χ1v) is 5.84. The van der Waals surface area contributed by atoms with Crippen LogP contribution in [0.3, 0.4) is 0 Å². The van der Waals surface area contributed by atoms with Gasteiger partial charge in [-0.1, -0.05) is 0 Å². The Morgan fingerprint density at radius 2 is 2.11 bits per heavy atom. The maximum atomic E-state index is 13.4. The number of hydrogen-bond donors (Lipinski definition) is 1. The van der Waals surface area contributed by atoms with Crippen LogP contribution in [0.25, 0.3) is 0 Å². The van der Waals surface area contributed by atoms with E-state index in [0.29, 0.717) is 12.6 Å². The van der Waals surface area contributed by atoms with Crippen LogP contribution in [0.15, 0.2) is 12.1 Å². The van der Waals surface area contributed by atoms with Crippen LogP contribution in [0.1, 0.15) is 31.1 Å². The normalized spacial score (nSPS) is 10.6. The Morgan fingerprint density at radius 3 is 2.53 bits per heavy atom. The zero-order valence-corrected chi connectivity index (χ0v) is 11.0. The third-order valence-corrected chi connectivity index (χ3v) is 2.77. The molecule has 1 aromatic rings. The van der Waals surface area contributed by atoms with Crippen molar-refractivity contribution < 1.29 is 14.1 Å². The van der Waals surface area contributed by atoms with Gasteiger partial charge in [0.25, 0.3) is 11.6 Å². The molecule has 0 radical (unpaired) electrons. The number of nitrogens with zero attached hydrogens (tertiary/aromatic N) is 2. The van der Waals surface area contributed by atoms with E-state index in [4.69, 9.17) is 5.73 Å². The first kappa shape index (κ1) is 14.9. The van der Waals surface area contributed by atoms with Crippen LogP contribution in [-0.2, 0) is 0 Å². The van der Waals surface area contributed by atoms with E-state index in [0.717, 1.165) is 6.07 Å². The molecular weight excluding hydrogens is 253 g/mol. The molecule has 19 heavy (non-hydrogen) atoms. The monoisotopic (exact) mass is 269 g/mol. The molecule has 0 fully saturated rings. The standard InChI is InChI=1S/C12H16FN3O3/c1-4-15(7(2)3)12(17)9-5-8(13)6-10(11(9)14)16(18)19/h5-7H,4,14H2,1-3H3. The van der Waals surface area contributed by atoms with Crippen LogP contribution in [0.5, 0.6) is 0 Å². The molecule has 0 atom stereocenters. The van der Waals surface area contributed by atoms with Crippen molar-refractivity contribution >= 4 is 17.3 Å². The first-order chi connectivity index (χ1) is 8.79. The minimum absolute atomic E-state index is 0.112. The number of carbonyl (C=O) groups is 1. The zero-order chi connectivity index (χ0) is 14.7. The summed E-state index contributed by atoms with van der Waals surface area (Å²) in [6, 6.07) is 1.52. The number of benzene rings is 1. The summed E-state index contributed by atoms with van der Waals surface area (Å²) >= 11 is 0. The van der Waals surface area contributed by atoms with Gasteiger partial charge in [-0.3, -0.25) is 14.9 Å². The summed E-state index contributed by atoms with van der Waals surface area (Å²) in [5, 5.41) is 10.8. The predicted octanol–water partition coefficient (Wildman–Crippen LogP) is 2.19. The Balaban J connectivity index is 3.34. The van der Waals surface area contributed by atoms with Gasteiger partial charge in [0.15, 0.2) is 0 Å². The summed E-state index contributed by atoms with van der Waals surface area (Å²) in [5.74, 6) is -1.37. The molecule has 6 nitrogen and oxygen atoms in total. The molecule has 104 valence electrons. The van der Waals surface area contributed by atoms with Gasteiger partial charge in [-0.15, -0.1) is 0 Å². The Bertz CT molecular complexity index is 517. The first-order valence-electron chi connectivity index (χ1n) is 5.84. The molecule has 0 heterocycles. The van der Waals surface area contributed by atoms with Crippen molar-refractivity contribution in [2.24, 2.45) is 0 Å².